The van der Waals surface area contributed by atoms with Gasteiger partial charge >= 0.3 is 0 Å². The van der Waals surface area contributed by atoms with Gasteiger partial charge < -0.3 is 9.84 Å². The molecule has 0 bridgehead atoms. The van der Waals surface area contributed by atoms with Crippen molar-refractivity contribution in [2.75, 3.05) is 5.32 Å². The normalized spacial score (nSPS) is 10.8. The summed E-state index contributed by atoms with van der Waals surface area (Å²) in [6, 6.07) is 11.7. The molecule has 0 unspecified atom stereocenters. The van der Waals surface area contributed by atoms with Crippen LogP contribution in [-0.4, -0.2) is 20.8 Å². The first-order chi connectivity index (χ1) is 11.6. The minimum atomic E-state index is -0.288. The number of nitrogens with zero attached hydrogens (tertiary/aromatic N) is 3. The van der Waals surface area contributed by atoms with Gasteiger partial charge in [-0.15, -0.1) is 0 Å². The van der Waals surface area contributed by atoms with Gasteiger partial charge in [-0.2, -0.15) is 5.10 Å². The molecule has 0 spiro atoms. The highest BCUT2D eigenvalue weighted by molar-refractivity contribution is 6.03. The second kappa shape index (κ2) is 6.70. The summed E-state index contributed by atoms with van der Waals surface area (Å²) in [7, 11) is 0. The van der Waals surface area contributed by atoms with Crippen molar-refractivity contribution in [2.24, 2.45) is 0 Å². The van der Waals surface area contributed by atoms with Crippen LogP contribution in [0.5, 0.6) is 0 Å². The van der Waals surface area contributed by atoms with Crippen molar-refractivity contribution in [1.29, 1.82) is 0 Å². The second-order valence-corrected chi connectivity index (χ2v) is 5.68. The molecule has 0 saturated heterocycles. The summed E-state index contributed by atoms with van der Waals surface area (Å²) in [6.45, 7) is 6.43. The molecule has 1 aromatic carbocycles. The molecule has 0 fully saturated rings. The highest BCUT2D eigenvalue weighted by Gasteiger charge is 2.18. The van der Waals surface area contributed by atoms with Gasteiger partial charge in [0.15, 0.2) is 5.69 Å². The highest BCUT2D eigenvalue weighted by atomic mass is 16.5. The van der Waals surface area contributed by atoms with E-state index in [-0.39, 0.29) is 11.6 Å². The van der Waals surface area contributed by atoms with Crippen molar-refractivity contribution in [3.05, 3.63) is 64.8 Å². The van der Waals surface area contributed by atoms with Crippen LogP contribution in [0.15, 0.2) is 40.9 Å². The number of anilines is 1. The zero-order valence-corrected chi connectivity index (χ0v) is 14.0. The molecule has 3 rings (SSSR count). The monoisotopic (exact) mass is 324 g/mol. The number of carbonyl (C=O) groups is 1. The Morgan fingerprint density at radius 2 is 2.00 bits per heavy atom. The smallest absolute Gasteiger partial charge is 0.277 e. The fraction of sp³-hybridized carbons (Fsp3) is 0.278. The summed E-state index contributed by atoms with van der Waals surface area (Å²) in [5.74, 6) is 0.400. The number of hydrogen-bond acceptors (Lipinski definition) is 4. The van der Waals surface area contributed by atoms with Gasteiger partial charge in [0.25, 0.3) is 5.91 Å². The molecule has 1 N–H and O–H groups in total. The average molecular weight is 324 g/mol. The van der Waals surface area contributed by atoms with Gasteiger partial charge in [-0.25, -0.2) is 0 Å². The fourth-order valence-electron chi connectivity index (χ4n) is 2.55. The van der Waals surface area contributed by atoms with Crippen LogP contribution in [0, 0.1) is 13.8 Å². The van der Waals surface area contributed by atoms with Crippen LogP contribution in [-0.2, 0) is 13.0 Å². The number of hydrogen-bond donors (Lipinski definition) is 1. The van der Waals surface area contributed by atoms with Crippen molar-refractivity contribution >= 4 is 11.6 Å². The molecule has 3 aromatic rings. The SMILES string of the molecule is CCc1cc(C(=O)Nc2c(C)nn(Cc3ccccc3)c2C)no1. The number of aromatic nitrogens is 3. The van der Waals surface area contributed by atoms with Crippen LogP contribution in [0.4, 0.5) is 5.69 Å². The van der Waals surface area contributed by atoms with Gasteiger partial charge in [0.1, 0.15) is 5.76 Å². The Morgan fingerprint density at radius 1 is 1.25 bits per heavy atom. The van der Waals surface area contributed by atoms with E-state index in [0.29, 0.717) is 18.7 Å². The first kappa shape index (κ1) is 16.0. The first-order valence-corrected chi connectivity index (χ1v) is 7.93. The van der Waals surface area contributed by atoms with E-state index in [2.05, 4.69) is 27.7 Å². The predicted molar refractivity (Wildman–Crippen MR) is 91.1 cm³/mol. The van der Waals surface area contributed by atoms with Crippen LogP contribution in [0.1, 0.15) is 40.1 Å². The van der Waals surface area contributed by atoms with Crippen LogP contribution < -0.4 is 5.32 Å². The Kier molecular flexibility index (Phi) is 4.46. The van der Waals surface area contributed by atoms with E-state index in [1.165, 1.54) is 0 Å². The third-order valence-corrected chi connectivity index (χ3v) is 3.94. The molecule has 0 saturated carbocycles. The summed E-state index contributed by atoms with van der Waals surface area (Å²) >= 11 is 0. The molecule has 2 aromatic heterocycles. The van der Waals surface area contributed by atoms with Gasteiger partial charge in [-0.1, -0.05) is 42.4 Å². The van der Waals surface area contributed by atoms with E-state index in [9.17, 15) is 4.79 Å². The molecule has 24 heavy (non-hydrogen) atoms. The zero-order valence-electron chi connectivity index (χ0n) is 14.0. The van der Waals surface area contributed by atoms with Gasteiger partial charge in [0, 0.05) is 12.5 Å². The van der Waals surface area contributed by atoms with Crippen molar-refractivity contribution in [3.8, 4) is 0 Å². The number of carbonyl (C=O) groups excluding carboxylic acids is 1. The lowest BCUT2D eigenvalue weighted by Gasteiger charge is -2.06. The van der Waals surface area contributed by atoms with Crippen LogP contribution in [0.3, 0.4) is 0 Å². The van der Waals surface area contributed by atoms with Crippen molar-refractivity contribution < 1.29 is 9.32 Å². The van der Waals surface area contributed by atoms with Crippen molar-refractivity contribution in [1.82, 2.24) is 14.9 Å². The molecule has 124 valence electrons. The average Bonchev–Trinajstić information content (AvgIpc) is 3.17. The number of rotatable bonds is 5. The fourth-order valence-corrected chi connectivity index (χ4v) is 2.55. The van der Waals surface area contributed by atoms with Crippen LogP contribution >= 0.6 is 0 Å². The maximum atomic E-state index is 12.3. The van der Waals surface area contributed by atoms with Gasteiger partial charge in [0.2, 0.25) is 0 Å². The first-order valence-electron chi connectivity index (χ1n) is 7.93. The topological polar surface area (TPSA) is 73.0 Å². The molecule has 0 aliphatic carbocycles. The Bertz CT molecular complexity index is 849. The molecular weight excluding hydrogens is 304 g/mol. The van der Waals surface area contributed by atoms with E-state index >= 15 is 0 Å². The molecule has 2 heterocycles. The lowest BCUT2D eigenvalue weighted by molar-refractivity contribution is 0.101. The second-order valence-electron chi connectivity index (χ2n) is 5.68. The maximum absolute atomic E-state index is 12.3. The van der Waals surface area contributed by atoms with E-state index < -0.39 is 0 Å². The van der Waals surface area contributed by atoms with Gasteiger partial charge in [-0.3, -0.25) is 9.48 Å². The molecule has 0 atom stereocenters. The van der Waals surface area contributed by atoms with Crippen molar-refractivity contribution in [3.63, 3.8) is 0 Å². The zero-order chi connectivity index (χ0) is 17.1. The Labute approximate surface area is 140 Å². The quantitative estimate of drug-likeness (QED) is 0.781. The summed E-state index contributed by atoms with van der Waals surface area (Å²) in [4.78, 5) is 12.3. The van der Waals surface area contributed by atoms with Gasteiger partial charge in [-0.05, 0) is 19.4 Å². The third kappa shape index (κ3) is 3.22. The summed E-state index contributed by atoms with van der Waals surface area (Å²) < 4.78 is 6.98. The standard InChI is InChI=1S/C18H20N4O2/c1-4-15-10-16(21-24-15)18(23)19-17-12(2)20-22(13(17)3)11-14-8-6-5-7-9-14/h5-10H,4,11H2,1-3H3,(H,19,23). The maximum Gasteiger partial charge on any atom is 0.277 e. The molecule has 0 radical (unpaired) electrons. The summed E-state index contributed by atoms with van der Waals surface area (Å²) in [6.07, 6.45) is 0.702. The van der Waals surface area contributed by atoms with Crippen LogP contribution in [0.25, 0.3) is 0 Å². The lowest BCUT2D eigenvalue weighted by Crippen LogP contribution is -2.13. The van der Waals surface area contributed by atoms with Crippen molar-refractivity contribution in [2.45, 2.75) is 33.7 Å². The van der Waals surface area contributed by atoms with E-state index in [1.54, 1.807) is 6.07 Å². The predicted octanol–water partition coefficient (Wildman–Crippen LogP) is 3.35. The van der Waals surface area contributed by atoms with Gasteiger partial charge in [0.05, 0.1) is 23.6 Å². The Balaban J connectivity index is 1.80. The molecular formula is C18H20N4O2. The lowest BCUT2D eigenvalue weighted by atomic mass is 10.2. The molecule has 6 heteroatoms. The number of aryl methyl sites for hydroxylation is 2. The van der Waals surface area contributed by atoms with Crippen LogP contribution in [0.2, 0.25) is 0 Å². The molecule has 1 amide bonds. The minimum Gasteiger partial charge on any atom is -0.361 e. The Morgan fingerprint density at radius 3 is 2.67 bits per heavy atom. The van der Waals surface area contributed by atoms with E-state index in [4.69, 9.17) is 4.52 Å². The number of nitrogens with one attached hydrogen (secondary N) is 1. The number of amides is 1. The number of benzene rings is 1. The Hall–Kier alpha value is -2.89. The van der Waals surface area contributed by atoms with E-state index in [1.807, 2.05) is 43.7 Å². The summed E-state index contributed by atoms with van der Waals surface area (Å²) in [5.41, 5.74) is 3.84. The minimum absolute atomic E-state index is 0.279. The van der Waals surface area contributed by atoms with E-state index in [0.717, 1.165) is 22.6 Å². The molecule has 0 aliphatic rings. The molecule has 6 nitrogen and oxygen atoms in total. The summed E-state index contributed by atoms with van der Waals surface area (Å²) in [5, 5.41) is 11.2. The molecule has 0 aliphatic heterocycles. The largest absolute Gasteiger partial charge is 0.361 e. The highest BCUT2D eigenvalue weighted by Crippen LogP contribution is 2.21. The third-order valence-electron chi connectivity index (χ3n) is 3.94.